The van der Waals surface area contributed by atoms with Crippen molar-refractivity contribution in [3.63, 3.8) is 0 Å². The van der Waals surface area contributed by atoms with E-state index in [2.05, 4.69) is 10.8 Å². The lowest BCUT2D eigenvalue weighted by Gasteiger charge is -2.14. The Morgan fingerprint density at radius 2 is 2.00 bits per heavy atom. The lowest BCUT2D eigenvalue weighted by atomic mass is 10.0. The molecule has 1 aromatic carbocycles. The smallest absolute Gasteiger partial charge is 0.436 e. The van der Waals surface area contributed by atoms with Crippen molar-refractivity contribution in [2.24, 2.45) is 0 Å². The zero-order valence-electron chi connectivity index (χ0n) is 14.2. The molecule has 1 atom stereocenters. The van der Waals surface area contributed by atoms with Gasteiger partial charge in [0.25, 0.3) is 0 Å². The zero-order valence-corrected chi connectivity index (χ0v) is 15.0. The van der Waals surface area contributed by atoms with Crippen LogP contribution in [0.15, 0.2) is 30.9 Å². The molecule has 0 saturated carbocycles. The van der Waals surface area contributed by atoms with E-state index >= 15 is 0 Å². The SMILES string of the molecule is C=CCc1cc(CCC(=O)OC(C)OC)ccc1OS(=O)(=O)C(F)(F)F. The number of hydrogen-bond donors (Lipinski definition) is 0. The maximum Gasteiger partial charge on any atom is 0.534 e. The standard InChI is InChI=1S/C16H19F3O6S/c1-4-5-13-10-12(7-9-15(20)24-11(2)23-3)6-8-14(13)25-26(21,22)16(17,18)19/h4,6,8,10-11H,1,5,7,9H2,2-3H3. The fraction of sp³-hybridized carbons (Fsp3) is 0.438. The molecular formula is C16H19F3O6S. The molecule has 1 aromatic rings. The van der Waals surface area contributed by atoms with Crippen LogP contribution in [0.2, 0.25) is 0 Å². The Bertz CT molecular complexity index is 743. The number of hydrogen-bond acceptors (Lipinski definition) is 6. The van der Waals surface area contributed by atoms with Gasteiger partial charge in [-0.2, -0.15) is 21.6 Å². The second-order valence-electron chi connectivity index (χ2n) is 5.21. The molecule has 0 aromatic heterocycles. The topological polar surface area (TPSA) is 78.9 Å². The highest BCUT2D eigenvalue weighted by atomic mass is 32.2. The highest BCUT2D eigenvalue weighted by Crippen LogP contribution is 2.30. The van der Waals surface area contributed by atoms with E-state index in [0.717, 1.165) is 6.07 Å². The summed E-state index contributed by atoms with van der Waals surface area (Å²) >= 11 is 0. The summed E-state index contributed by atoms with van der Waals surface area (Å²) < 4.78 is 73.6. The number of methoxy groups -OCH3 is 1. The summed E-state index contributed by atoms with van der Waals surface area (Å²) in [5, 5.41) is 0. The molecule has 0 N–H and O–H groups in total. The van der Waals surface area contributed by atoms with Crippen LogP contribution in [-0.4, -0.2) is 33.3 Å². The molecule has 0 spiro atoms. The van der Waals surface area contributed by atoms with Gasteiger partial charge in [0.1, 0.15) is 5.75 Å². The van der Waals surface area contributed by atoms with E-state index in [0.29, 0.717) is 5.56 Å². The van der Waals surface area contributed by atoms with E-state index in [1.54, 1.807) is 6.92 Å². The Morgan fingerprint density at radius 3 is 2.54 bits per heavy atom. The van der Waals surface area contributed by atoms with E-state index in [-0.39, 0.29) is 24.8 Å². The van der Waals surface area contributed by atoms with Crippen LogP contribution in [-0.2, 0) is 37.2 Å². The van der Waals surface area contributed by atoms with Crippen LogP contribution in [0.4, 0.5) is 13.2 Å². The molecule has 1 unspecified atom stereocenters. The average Bonchev–Trinajstić information content (AvgIpc) is 2.53. The van der Waals surface area contributed by atoms with Gasteiger partial charge in [0, 0.05) is 13.5 Å². The fourth-order valence-electron chi connectivity index (χ4n) is 1.89. The van der Waals surface area contributed by atoms with Crippen LogP contribution in [0.3, 0.4) is 0 Å². The minimum absolute atomic E-state index is 0.0162. The van der Waals surface area contributed by atoms with Gasteiger partial charge < -0.3 is 13.7 Å². The Labute approximate surface area is 149 Å². The van der Waals surface area contributed by atoms with Gasteiger partial charge in [0.05, 0.1) is 0 Å². The van der Waals surface area contributed by atoms with E-state index < -0.39 is 33.6 Å². The number of allylic oxidation sites excluding steroid dienone is 1. The van der Waals surface area contributed by atoms with Crippen molar-refractivity contribution in [1.29, 1.82) is 0 Å². The molecule has 0 radical (unpaired) electrons. The highest BCUT2D eigenvalue weighted by molar-refractivity contribution is 7.88. The number of rotatable bonds is 9. The highest BCUT2D eigenvalue weighted by Gasteiger charge is 2.48. The summed E-state index contributed by atoms with van der Waals surface area (Å²) in [6.07, 6.45) is 1.04. The average molecular weight is 396 g/mol. The number of esters is 1. The maximum atomic E-state index is 12.5. The molecule has 0 fully saturated rings. The Kier molecular flexibility index (Phi) is 7.64. The molecule has 146 valence electrons. The second-order valence-corrected chi connectivity index (χ2v) is 6.75. The molecular weight excluding hydrogens is 377 g/mol. The predicted molar refractivity (Wildman–Crippen MR) is 86.8 cm³/mol. The van der Waals surface area contributed by atoms with Crippen LogP contribution in [0.25, 0.3) is 0 Å². The lowest BCUT2D eigenvalue weighted by molar-refractivity contribution is -0.169. The first-order chi connectivity index (χ1) is 12.0. The molecule has 6 nitrogen and oxygen atoms in total. The molecule has 0 aliphatic heterocycles. The number of carbonyl (C=O) groups excluding carboxylic acids is 1. The van der Waals surface area contributed by atoms with Gasteiger partial charge >= 0.3 is 21.6 Å². The third-order valence-corrected chi connectivity index (χ3v) is 4.19. The molecule has 0 amide bonds. The first-order valence-corrected chi connectivity index (χ1v) is 8.86. The van der Waals surface area contributed by atoms with Crippen molar-refractivity contribution in [3.05, 3.63) is 42.0 Å². The summed E-state index contributed by atoms with van der Waals surface area (Å²) in [6, 6.07) is 3.94. The van der Waals surface area contributed by atoms with Gasteiger partial charge in [-0.05, 0) is 37.0 Å². The van der Waals surface area contributed by atoms with Crippen LogP contribution < -0.4 is 4.18 Å². The molecule has 0 aliphatic rings. The second kappa shape index (κ2) is 9.04. The van der Waals surface area contributed by atoms with E-state index in [9.17, 15) is 26.4 Å². The van der Waals surface area contributed by atoms with Gasteiger partial charge in [0.2, 0.25) is 0 Å². The molecule has 10 heteroatoms. The number of halogens is 3. The summed E-state index contributed by atoms with van der Waals surface area (Å²) in [7, 11) is -4.39. The van der Waals surface area contributed by atoms with Crippen LogP contribution in [0.1, 0.15) is 24.5 Å². The first-order valence-electron chi connectivity index (χ1n) is 7.46. The van der Waals surface area contributed by atoms with E-state index in [1.807, 2.05) is 0 Å². The number of carbonyl (C=O) groups is 1. The minimum Gasteiger partial charge on any atom is -0.436 e. The number of ether oxygens (including phenoxy) is 2. The van der Waals surface area contributed by atoms with E-state index in [4.69, 9.17) is 9.47 Å². The molecule has 0 saturated heterocycles. The van der Waals surface area contributed by atoms with Crippen molar-refractivity contribution in [2.45, 2.75) is 38.0 Å². The monoisotopic (exact) mass is 396 g/mol. The summed E-state index contributed by atoms with van der Waals surface area (Å²) in [5.74, 6) is -0.953. The van der Waals surface area contributed by atoms with Crippen molar-refractivity contribution in [3.8, 4) is 5.75 Å². The van der Waals surface area contributed by atoms with Crippen LogP contribution in [0.5, 0.6) is 5.75 Å². The van der Waals surface area contributed by atoms with Crippen molar-refractivity contribution in [1.82, 2.24) is 0 Å². The third kappa shape index (κ3) is 6.34. The lowest BCUT2D eigenvalue weighted by Crippen LogP contribution is -2.28. The summed E-state index contributed by atoms with van der Waals surface area (Å²) in [4.78, 5) is 11.6. The summed E-state index contributed by atoms with van der Waals surface area (Å²) in [6.45, 7) is 5.02. The molecule has 26 heavy (non-hydrogen) atoms. The van der Waals surface area contributed by atoms with Crippen molar-refractivity contribution >= 4 is 16.1 Å². The third-order valence-electron chi connectivity index (χ3n) is 3.22. The largest absolute Gasteiger partial charge is 0.534 e. The van der Waals surface area contributed by atoms with Gasteiger partial charge in [-0.1, -0.05) is 18.2 Å². The Morgan fingerprint density at radius 1 is 1.35 bits per heavy atom. The molecule has 0 heterocycles. The normalized spacial score (nSPS) is 13.1. The van der Waals surface area contributed by atoms with E-state index in [1.165, 1.54) is 25.3 Å². The number of aryl methyl sites for hydroxylation is 1. The molecule has 0 bridgehead atoms. The van der Waals surface area contributed by atoms with Crippen LogP contribution in [0, 0.1) is 0 Å². The number of benzene rings is 1. The maximum absolute atomic E-state index is 12.5. The van der Waals surface area contributed by atoms with Crippen molar-refractivity contribution in [2.75, 3.05) is 7.11 Å². The van der Waals surface area contributed by atoms with Gasteiger partial charge in [-0.15, -0.1) is 6.58 Å². The van der Waals surface area contributed by atoms with Gasteiger partial charge in [0.15, 0.2) is 6.29 Å². The fourth-order valence-corrected chi connectivity index (χ4v) is 2.38. The molecule has 1 rings (SSSR count). The van der Waals surface area contributed by atoms with Gasteiger partial charge in [-0.3, -0.25) is 4.79 Å². The first kappa shape index (κ1) is 22.0. The quantitative estimate of drug-likeness (QED) is 0.210. The van der Waals surface area contributed by atoms with Gasteiger partial charge in [-0.25, -0.2) is 0 Å². The Balaban J connectivity index is 2.92. The Hall–Kier alpha value is -2.07. The minimum atomic E-state index is -5.77. The molecule has 0 aliphatic carbocycles. The van der Waals surface area contributed by atoms with Crippen molar-refractivity contribution < 1.29 is 40.0 Å². The predicted octanol–water partition coefficient (Wildman–Crippen LogP) is 3.11. The zero-order chi connectivity index (χ0) is 20.0. The number of alkyl halides is 3. The summed E-state index contributed by atoms with van der Waals surface area (Å²) in [5.41, 5.74) is -4.73. The van der Waals surface area contributed by atoms with Crippen LogP contribution >= 0.6 is 0 Å².